The molecule has 1 fully saturated rings. The zero-order valence-electron chi connectivity index (χ0n) is 11.3. The van der Waals surface area contributed by atoms with Gasteiger partial charge in [0.2, 0.25) is 15.9 Å². The molecular formula is C11H23N3O3S. The fourth-order valence-corrected chi connectivity index (χ4v) is 2.79. The van der Waals surface area contributed by atoms with E-state index in [1.807, 2.05) is 6.92 Å². The third kappa shape index (κ3) is 3.43. The molecule has 1 saturated heterocycles. The van der Waals surface area contributed by atoms with Gasteiger partial charge in [-0.25, -0.2) is 12.7 Å². The average molecular weight is 277 g/mol. The quantitative estimate of drug-likeness (QED) is 0.678. The number of nitrogens with one attached hydrogen (secondary N) is 2. The van der Waals surface area contributed by atoms with Crippen LogP contribution in [0.15, 0.2) is 0 Å². The molecular weight excluding hydrogens is 254 g/mol. The van der Waals surface area contributed by atoms with Gasteiger partial charge < -0.3 is 10.6 Å². The number of rotatable bonds is 6. The van der Waals surface area contributed by atoms with Crippen LogP contribution in [0.2, 0.25) is 0 Å². The molecule has 1 heterocycles. The van der Waals surface area contributed by atoms with Crippen LogP contribution in [0.25, 0.3) is 0 Å². The molecule has 0 aromatic carbocycles. The number of amides is 1. The van der Waals surface area contributed by atoms with Crippen LogP contribution in [0.1, 0.15) is 19.8 Å². The van der Waals surface area contributed by atoms with Gasteiger partial charge in [0.1, 0.15) is 0 Å². The normalized spacial score (nSPS) is 24.4. The van der Waals surface area contributed by atoms with Crippen LogP contribution in [-0.2, 0) is 14.8 Å². The van der Waals surface area contributed by atoms with Crippen molar-refractivity contribution in [2.24, 2.45) is 5.41 Å². The smallest absolute Gasteiger partial charge is 0.227 e. The Kier molecular flexibility index (Phi) is 5.12. The molecule has 0 spiro atoms. The summed E-state index contributed by atoms with van der Waals surface area (Å²) in [5.74, 6) is -0.0946. The Morgan fingerprint density at radius 1 is 1.44 bits per heavy atom. The summed E-state index contributed by atoms with van der Waals surface area (Å²) >= 11 is 0. The highest BCUT2D eigenvalue weighted by Crippen LogP contribution is 2.29. The minimum Gasteiger partial charge on any atom is -0.355 e. The second kappa shape index (κ2) is 5.99. The van der Waals surface area contributed by atoms with E-state index < -0.39 is 10.0 Å². The topological polar surface area (TPSA) is 78.5 Å². The van der Waals surface area contributed by atoms with Crippen molar-refractivity contribution >= 4 is 15.9 Å². The Bertz CT molecular complexity index is 386. The summed E-state index contributed by atoms with van der Waals surface area (Å²) in [7, 11) is -0.258. The maximum Gasteiger partial charge on any atom is 0.227 e. The van der Waals surface area contributed by atoms with Gasteiger partial charge in [-0.05, 0) is 19.4 Å². The van der Waals surface area contributed by atoms with E-state index in [4.69, 9.17) is 0 Å². The number of carbonyl (C=O) groups is 1. The molecule has 1 aliphatic heterocycles. The van der Waals surface area contributed by atoms with Crippen LogP contribution in [-0.4, -0.2) is 58.1 Å². The van der Waals surface area contributed by atoms with Gasteiger partial charge in [0, 0.05) is 27.2 Å². The third-order valence-electron chi connectivity index (χ3n) is 3.60. The number of hydrogen-bond donors (Lipinski definition) is 2. The number of sulfonamides is 1. The average Bonchev–Trinajstić information content (AvgIpc) is 2.78. The van der Waals surface area contributed by atoms with Gasteiger partial charge in [0.15, 0.2) is 0 Å². The second-order valence-corrected chi connectivity index (χ2v) is 7.22. The van der Waals surface area contributed by atoms with E-state index in [1.54, 1.807) is 0 Å². The van der Waals surface area contributed by atoms with Crippen molar-refractivity contribution in [3.63, 3.8) is 0 Å². The second-order valence-electron chi connectivity index (χ2n) is 4.91. The first-order chi connectivity index (χ1) is 8.34. The standard InChI is InChI=1S/C11H23N3O3S/c1-4-11(5-6-12-9-11)10(15)13-7-8-18(16,17)14(2)3/h12H,4-9H2,1-3H3,(H,13,15). The van der Waals surface area contributed by atoms with Gasteiger partial charge in [0.25, 0.3) is 0 Å². The fraction of sp³-hybridized carbons (Fsp3) is 0.909. The van der Waals surface area contributed by atoms with Crippen molar-refractivity contribution in [1.82, 2.24) is 14.9 Å². The minimum absolute atomic E-state index is 0.0380. The van der Waals surface area contributed by atoms with Gasteiger partial charge in [-0.15, -0.1) is 0 Å². The lowest BCUT2D eigenvalue weighted by Crippen LogP contribution is -2.44. The van der Waals surface area contributed by atoms with Crippen LogP contribution < -0.4 is 10.6 Å². The summed E-state index contributed by atoms with van der Waals surface area (Å²) in [6.07, 6.45) is 1.59. The largest absolute Gasteiger partial charge is 0.355 e. The van der Waals surface area contributed by atoms with Crippen LogP contribution in [0, 0.1) is 5.41 Å². The molecule has 1 atom stereocenters. The summed E-state index contributed by atoms with van der Waals surface area (Å²) in [5, 5.41) is 5.93. The van der Waals surface area contributed by atoms with E-state index in [1.165, 1.54) is 18.4 Å². The highest BCUT2D eigenvalue weighted by molar-refractivity contribution is 7.89. The number of carbonyl (C=O) groups excluding carboxylic acids is 1. The highest BCUT2D eigenvalue weighted by Gasteiger charge is 2.39. The Morgan fingerprint density at radius 3 is 2.56 bits per heavy atom. The summed E-state index contributed by atoms with van der Waals surface area (Å²) in [6.45, 7) is 3.68. The molecule has 18 heavy (non-hydrogen) atoms. The Labute approximate surface area is 109 Å². The lowest BCUT2D eigenvalue weighted by Gasteiger charge is -2.25. The molecule has 1 rings (SSSR count). The van der Waals surface area contributed by atoms with Gasteiger partial charge in [-0.2, -0.15) is 0 Å². The molecule has 0 radical (unpaired) electrons. The predicted molar refractivity (Wildman–Crippen MR) is 70.7 cm³/mol. The van der Waals surface area contributed by atoms with Crippen molar-refractivity contribution < 1.29 is 13.2 Å². The molecule has 0 bridgehead atoms. The molecule has 2 N–H and O–H groups in total. The molecule has 0 saturated carbocycles. The first-order valence-corrected chi connectivity index (χ1v) is 7.84. The lowest BCUT2D eigenvalue weighted by molar-refractivity contribution is -0.130. The van der Waals surface area contributed by atoms with Gasteiger partial charge in [0.05, 0.1) is 11.2 Å². The summed E-state index contributed by atoms with van der Waals surface area (Å²) in [5.41, 5.74) is -0.359. The Balaban J connectivity index is 2.47. The molecule has 1 amide bonds. The van der Waals surface area contributed by atoms with Crippen LogP contribution >= 0.6 is 0 Å². The molecule has 6 nitrogen and oxygen atoms in total. The van der Waals surface area contributed by atoms with Crippen LogP contribution in [0.3, 0.4) is 0 Å². The number of nitrogens with zero attached hydrogens (tertiary/aromatic N) is 1. The molecule has 1 unspecified atom stereocenters. The summed E-state index contributed by atoms with van der Waals surface area (Å²) in [4.78, 5) is 12.1. The molecule has 1 aliphatic rings. The van der Waals surface area contributed by atoms with Crippen molar-refractivity contribution in [1.29, 1.82) is 0 Å². The maximum atomic E-state index is 12.1. The highest BCUT2D eigenvalue weighted by atomic mass is 32.2. The fourth-order valence-electron chi connectivity index (χ4n) is 2.06. The minimum atomic E-state index is -3.24. The Hall–Kier alpha value is -0.660. The zero-order chi connectivity index (χ0) is 13.8. The summed E-state index contributed by atoms with van der Waals surface area (Å²) in [6, 6.07) is 0. The SMILES string of the molecule is CCC1(C(=O)NCCS(=O)(=O)N(C)C)CCNC1. The van der Waals surface area contributed by atoms with Crippen molar-refractivity contribution in [2.75, 3.05) is 39.5 Å². The zero-order valence-corrected chi connectivity index (χ0v) is 12.1. The maximum absolute atomic E-state index is 12.1. The van der Waals surface area contributed by atoms with E-state index in [-0.39, 0.29) is 23.6 Å². The molecule has 106 valence electrons. The van der Waals surface area contributed by atoms with E-state index in [0.717, 1.165) is 19.4 Å². The number of hydrogen-bond acceptors (Lipinski definition) is 4. The van der Waals surface area contributed by atoms with E-state index in [9.17, 15) is 13.2 Å². The van der Waals surface area contributed by atoms with Gasteiger partial charge in [-0.3, -0.25) is 4.79 Å². The lowest BCUT2D eigenvalue weighted by atomic mass is 9.83. The first kappa shape index (κ1) is 15.4. The van der Waals surface area contributed by atoms with Gasteiger partial charge in [-0.1, -0.05) is 6.92 Å². The summed E-state index contributed by atoms with van der Waals surface area (Å²) < 4.78 is 24.3. The van der Waals surface area contributed by atoms with E-state index >= 15 is 0 Å². The molecule has 0 aromatic rings. The Morgan fingerprint density at radius 2 is 2.11 bits per heavy atom. The van der Waals surface area contributed by atoms with Gasteiger partial charge >= 0.3 is 0 Å². The first-order valence-electron chi connectivity index (χ1n) is 6.23. The predicted octanol–water partition coefficient (Wildman–Crippen LogP) is -0.616. The van der Waals surface area contributed by atoms with E-state index in [0.29, 0.717) is 6.54 Å². The van der Waals surface area contributed by atoms with Crippen molar-refractivity contribution in [2.45, 2.75) is 19.8 Å². The monoisotopic (exact) mass is 277 g/mol. The third-order valence-corrected chi connectivity index (χ3v) is 5.44. The van der Waals surface area contributed by atoms with Crippen molar-refractivity contribution in [3.8, 4) is 0 Å². The van der Waals surface area contributed by atoms with E-state index in [2.05, 4.69) is 10.6 Å². The molecule has 0 aromatic heterocycles. The molecule has 0 aliphatic carbocycles. The van der Waals surface area contributed by atoms with Crippen molar-refractivity contribution in [3.05, 3.63) is 0 Å². The van der Waals surface area contributed by atoms with Crippen LogP contribution in [0.5, 0.6) is 0 Å². The molecule has 7 heteroatoms. The van der Waals surface area contributed by atoms with Crippen LogP contribution in [0.4, 0.5) is 0 Å².